The summed E-state index contributed by atoms with van der Waals surface area (Å²) in [5.74, 6) is 3.26. The highest BCUT2D eigenvalue weighted by Crippen LogP contribution is 2.33. The van der Waals surface area contributed by atoms with Gasteiger partial charge in [-0.2, -0.15) is 0 Å². The van der Waals surface area contributed by atoms with E-state index in [1.165, 1.54) is 5.57 Å². The highest BCUT2D eigenvalue weighted by Gasteiger charge is 2.24. The van der Waals surface area contributed by atoms with Gasteiger partial charge in [0.1, 0.15) is 11.6 Å². The summed E-state index contributed by atoms with van der Waals surface area (Å²) in [4.78, 5) is 19.8. The number of aromatic nitrogens is 2. The first kappa shape index (κ1) is 22.5. The summed E-state index contributed by atoms with van der Waals surface area (Å²) < 4.78 is 8.11. The lowest BCUT2D eigenvalue weighted by atomic mass is 9.91. The van der Waals surface area contributed by atoms with Gasteiger partial charge < -0.3 is 14.2 Å². The minimum Gasteiger partial charge on any atom is -0.493 e. The summed E-state index contributed by atoms with van der Waals surface area (Å²) in [5, 5.41) is 0. The minimum absolute atomic E-state index is 0.0189. The largest absolute Gasteiger partial charge is 0.493 e. The molecule has 5 heteroatoms. The van der Waals surface area contributed by atoms with E-state index in [-0.39, 0.29) is 5.91 Å². The Bertz CT molecular complexity index is 1250. The van der Waals surface area contributed by atoms with Crippen molar-refractivity contribution < 1.29 is 9.53 Å². The minimum atomic E-state index is -0.0189. The fourth-order valence-corrected chi connectivity index (χ4v) is 4.89. The summed E-state index contributed by atoms with van der Waals surface area (Å²) in [6.45, 7) is 6.28. The summed E-state index contributed by atoms with van der Waals surface area (Å²) in [5.41, 5.74) is 4.99. The zero-order valence-electron chi connectivity index (χ0n) is 20.3. The lowest BCUT2D eigenvalue weighted by Gasteiger charge is -2.18. The number of amides is 1. The molecule has 1 saturated heterocycles. The highest BCUT2D eigenvalue weighted by molar-refractivity contribution is 6.06. The van der Waals surface area contributed by atoms with Crippen LogP contribution in [0.2, 0.25) is 0 Å². The number of allylic oxidation sites excluding steroid dienone is 3. The topological polar surface area (TPSA) is 47.4 Å². The Labute approximate surface area is 201 Å². The van der Waals surface area contributed by atoms with Crippen molar-refractivity contribution in [2.75, 3.05) is 18.6 Å². The third-order valence-corrected chi connectivity index (χ3v) is 6.89. The average Bonchev–Trinajstić information content (AvgIpc) is 3.45. The van der Waals surface area contributed by atoms with E-state index in [1.54, 1.807) is 4.90 Å². The summed E-state index contributed by atoms with van der Waals surface area (Å²) in [6, 6.07) is 15.6. The Morgan fingerprint density at radius 3 is 2.82 bits per heavy atom. The van der Waals surface area contributed by atoms with E-state index in [4.69, 9.17) is 9.72 Å². The lowest BCUT2D eigenvalue weighted by molar-refractivity contribution is 0.0993. The van der Waals surface area contributed by atoms with Crippen LogP contribution in [0.4, 0.5) is 5.69 Å². The monoisotopic (exact) mass is 455 g/mol. The number of hydrogen-bond donors (Lipinski definition) is 0. The Hall–Kier alpha value is -3.34. The van der Waals surface area contributed by atoms with E-state index >= 15 is 0 Å². The van der Waals surface area contributed by atoms with Gasteiger partial charge in [0.05, 0.1) is 17.6 Å². The van der Waals surface area contributed by atoms with E-state index in [9.17, 15) is 4.79 Å². The number of imidazole rings is 1. The second-order valence-corrected chi connectivity index (χ2v) is 9.82. The number of carbonyl (C=O) groups is 1. The van der Waals surface area contributed by atoms with Gasteiger partial charge >= 0.3 is 0 Å². The van der Waals surface area contributed by atoms with E-state index in [0.717, 1.165) is 67.1 Å². The van der Waals surface area contributed by atoms with Crippen molar-refractivity contribution in [2.24, 2.45) is 11.8 Å². The zero-order valence-corrected chi connectivity index (χ0v) is 20.3. The first-order valence-electron chi connectivity index (χ1n) is 12.4. The number of aryl methyl sites for hydroxylation is 1. The molecule has 2 aliphatic rings. The molecule has 1 aromatic heterocycles. The van der Waals surface area contributed by atoms with Crippen molar-refractivity contribution in [1.29, 1.82) is 0 Å². The molecular formula is C29H33N3O2. The van der Waals surface area contributed by atoms with Crippen LogP contribution in [-0.2, 0) is 17.7 Å². The van der Waals surface area contributed by atoms with Crippen LogP contribution in [0.25, 0.3) is 11.0 Å². The highest BCUT2D eigenvalue weighted by atomic mass is 16.5. The molecular weight excluding hydrogens is 422 g/mol. The molecule has 2 aromatic carbocycles. The smallest absolute Gasteiger partial charge is 0.258 e. The van der Waals surface area contributed by atoms with Crippen LogP contribution in [0.5, 0.6) is 0 Å². The van der Waals surface area contributed by atoms with Gasteiger partial charge in [0, 0.05) is 37.7 Å². The van der Waals surface area contributed by atoms with Crippen LogP contribution < -0.4 is 4.90 Å². The third kappa shape index (κ3) is 4.52. The summed E-state index contributed by atoms with van der Waals surface area (Å²) in [6.07, 6.45) is 8.66. The molecule has 2 heterocycles. The van der Waals surface area contributed by atoms with E-state index in [0.29, 0.717) is 17.4 Å². The number of nitrogens with zero attached hydrogens (tertiary/aromatic N) is 3. The second-order valence-electron chi connectivity index (χ2n) is 9.82. The van der Waals surface area contributed by atoms with Crippen molar-refractivity contribution >= 4 is 22.6 Å². The van der Waals surface area contributed by atoms with E-state index < -0.39 is 0 Å². The van der Waals surface area contributed by atoms with Gasteiger partial charge in [-0.15, -0.1) is 0 Å². The number of fused-ring (bicyclic) bond motifs is 2. The van der Waals surface area contributed by atoms with E-state index in [2.05, 4.69) is 36.6 Å². The molecule has 5 nitrogen and oxygen atoms in total. The first-order valence-corrected chi connectivity index (χ1v) is 12.4. The van der Waals surface area contributed by atoms with Crippen LogP contribution in [-0.4, -0.2) is 29.1 Å². The molecule has 0 radical (unpaired) electrons. The molecule has 1 aliphatic heterocycles. The Balaban J connectivity index is 1.45. The van der Waals surface area contributed by atoms with Crippen LogP contribution in [0.1, 0.15) is 49.3 Å². The molecule has 1 unspecified atom stereocenters. The zero-order chi connectivity index (χ0) is 23.7. The molecule has 1 amide bonds. The first-order chi connectivity index (χ1) is 16.5. The SMILES string of the molecule is CC(C)CCn1c(CC2C=C3CCOC3=CC2)nc2cc(N(C)C(=O)c3ccccc3)ccc21. The van der Waals surface area contributed by atoms with Gasteiger partial charge in [-0.3, -0.25) is 4.79 Å². The van der Waals surface area contributed by atoms with Crippen LogP contribution in [0.3, 0.4) is 0 Å². The molecule has 3 aromatic rings. The number of carbonyl (C=O) groups excluding carboxylic acids is 1. The van der Waals surface area contributed by atoms with Crippen molar-refractivity contribution in [2.45, 2.75) is 46.1 Å². The Morgan fingerprint density at radius 1 is 1.21 bits per heavy atom. The fourth-order valence-electron chi connectivity index (χ4n) is 4.89. The van der Waals surface area contributed by atoms with Gasteiger partial charge in [0.25, 0.3) is 5.91 Å². The predicted molar refractivity (Wildman–Crippen MR) is 137 cm³/mol. The number of ether oxygens (including phenoxy) is 1. The number of benzene rings is 2. The van der Waals surface area contributed by atoms with Crippen LogP contribution in [0, 0.1) is 11.8 Å². The van der Waals surface area contributed by atoms with Crippen molar-refractivity contribution in [3.8, 4) is 0 Å². The Kier molecular flexibility index (Phi) is 6.27. The van der Waals surface area contributed by atoms with Crippen LogP contribution in [0.15, 0.2) is 72.0 Å². The van der Waals surface area contributed by atoms with Crippen molar-refractivity contribution in [1.82, 2.24) is 9.55 Å². The molecule has 34 heavy (non-hydrogen) atoms. The predicted octanol–water partition coefficient (Wildman–Crippen LogP) is 6.15. The summed E-state index contributed by atoms with van der Waals surface area (Å²) in [7, 11) is 1.83. The van der Waals surface area contributed by atoms with Crippen molar-refractivity contribution in [3.05, 3.63) is 83.4 Å². The third-order valence-electron chi connectivity index (χ3n) is 6.89. The second kappa shape index (κ2) is 9.49. The van der Waals surface area contributed by atoms with Crippen molar-refractivity contribution in [3.63, 3.8) is 0 Å². The molecule has 1 aliphatic carbocycles. The standard InChI is InChI=1S/C29H33N3O2/c1-20(2)13-15-32-26-11-10-24(31(3)29(33)22-7-5-4-6-8-22)19-25(26)30-28(32)18-21-9-12-27-23(17-21)14-16-34-27/h4-8,10-12,17,19-21H,9,13-16,18H2,1-3H3. The van der Waals surface area contributed by atoms with Gasteiger partial charge in [-0.05, 0) is 66.7 Å². The maximum Gasteiger partial charge on any atom is 0.258 e. The van der Waals surface area contributed by atoms with Gasteiger partial charge in [0.15, 0.2) is 0 Å². The fraction of sp³-hybridized carbons (Fsp3) is 0.379. The normalized spacial score (nSPS) is 17.4. The molecule has 1 fully saturated rings. The maximum atomic E-state index is 13.0. The Morgan fingerprint density at radius 2 is 2.03 bits per heavy atom. The molecule has 0 bridgehead atoms. The average molecular weight is 456 g/mol. The molecule has 176 valence electrons. The summed E-state index contributed by atoms with van der Waals surface area (Å²) >= 11 is 0. The molecule has 0 saturated carbocycles. The molecule has 5 rings (SSSR count). The van der Waals surface area contributed by atoms with Gasteiger partial charge in [-0.25, -0.2) is 4.98 Å². The number of anilines is 1. The lowest BCUT2D eigenvalue weighted by Crippen LogP contribution is -2.26. The van der Waals surface area contributed by atoms with E-state index in [1.807, 2.05) is 49.5 Å². The van der Waals surface area contributed by atoms with Crippen LogP contribution >= 0.6 is 0 Å². The quantitative estimate of drug-likeness (QED) is 0.429. The van der Waals surface area contributed by atoms with Gasteiger partial charge in [0.2, 0.25) is 0 Å². The number of hydrogen-bond acceptors (Lipinski definition) is 3. The maximum absolute atomic E-state index is 13.0. The molecule has 0 spiro atoms. The molecule has 1 atom stereocenters. The number of rotatable bonds is 7. The van der Waals surface area contributed by atoms with Gasteiger partial charge in [-0.1, -0.05) is 38.1 Å². The molecule has 0 N–H and O–H groups in total.